The van der Waals surface area contributed by atoms with Gasteiger partial charge in [-0.3, -0.25) is 4.79 Å². The van der Waals surface area contributed by atoms with Crippen LogP contribution in [-0.4, -0.2) is 30.0 Å². The number of nitrogens with one attached hydrogen (secondary N) is 2. The Morgan fingerprint density at radius 1 is 0.966 bits per heavy atom. The number of nitrogens with zero attached hydrogens (tertiary/aromatic N) is 3. The number of aryl methyl sites for hydroxylation is 1. The minimum Gasteiger partial charge on any atom is -0.363 e. The minimum atomic E-state index is -0.107. The van der Waals surface area contributed by atoms with E-state index in [-0.39, 0.29) is 5.91 Å². The van der Waals surface area contributed by atoms with Crippen molar-refractivity contribution < 1.29 is 4.79 Å². The molecule has 0 radical (unpaired) electrons. The molecule has 0 bridgehead atoms. The van der Waals surface area contributed by atoms with Crippen molar-refractivity contribution in [2.24, 2.45) is 0 Å². The summed E-state index contributed by atoms with van der Waals surface area (Å²) in [6.45, 7) is 1.94. The molecule has 2 aromatic heterocycles. The van der Waals surface area contributed by atoms with Crippen molar-refractivity contribution in [3.8, 4) is 0 Å². The standard InChI is InChI=1S/C22H21N5OS/c1-14-12-20(27(2)3)26-22(23-14)25-17-10-8-16(9-11-17)24-21(28)19-13-15-6-4-5-7-18(15)29-19/h4-13H,1-3H3,(H,24,28)(H,23,25,26). The second-order valence-electron chi connectivity index (χ2n) is 6.89. The molecule has 0 fully saturated rings. The SMILES string of the molecule is Cc1cc(N(C)C)nc(Nc2ccc(NC(=O)c3cc4ccccc4s3)cc2)n1. The van der Waals surface area contributed by atoms with Gasteiger partial charge in [-0.25, -0.2) is 4.98 Å². The van der Waals surface area contributed by atoms with Crippen molar-refractivity contribution in [2.75, 3.05) is 29.6 Å². The zero-order valence-corrected chi connectivity index (χ0v) is 17.2. The number of carbonyl (C=O) groups excluding carboxylic acids is 1. The van der Waals surface area contributed by atoms with Crippen molar-refractivity contribution in [2.45, 2.75) is 6.92 Å². The molecule has 1 amide bonds. The van der Waals surface area contributed by atoms with Gasteiger partial charge in [-0.1, -0.05) is 18.2 Å². The lowest BCUT2D eigenvalue weighted by Crippen LogP contribution is -2.12. The summed E-state index contributed by atoms with van der Waals surface area (Å²) in [6.07, 6.45) is 0. The minimum absolute atomic E-state index is 0.107. The molecule has 0 atom stereocenters. The van der Waals surface area contributed by atoms with E-state index in [1.807, 2.05) is 86.6 Å². The highest BCUT2D eigenvalue weighted by Gasteiger charge is 2.10. The lowest BCUT2D eigenvalue weighted by molar-refractivity contribution is 0.103. The summed E-state index contributed by atoms with van der Waals surface area (Å²) in [6, 6.07) is 19.3. The molecular formula is C22H21N5OS. The number of carbonyl (C=O) groups is 1. The van der Waals surface area contributed by atoms with Crippen molar-refractivity contribution in [3.05, 3.63) is 71.2 Å². The van der Waals surface area contributed by atoms with Crippen LogP contribution < -0.4 is 15.5 Å². The second-order valence-corrected chi connectivity index (χ2v) is 7.97. The fourth-order valence-corrected chi connectivity index (χ4v) is 3.85. The fraction of sp³-hybridized carbons (Fsp3) is 0.136. The Bertz CT molecular complexity index is 1130. The third-order valence-corrected chi connectivity index (χ3v) is 5.46. The molecule has 4 rings (SSSR count). The summed E-state index contributed by atoms with van der Waals surface area (Å²) in [7, 11) is 3.89. The Labute approximate surface area is 173 Å². The van der Waals surface area contributed by atoms with Crippen LogP contribution in [0.4, 0.5) is 23.1 Å². The van der Waals surface area contributed by atoms with Gasteiger partial charge in [-0.2, -0.15) is 4.98 Å². The van der Waals surface area contributed by atoms with Crippen molar-refractivity contribution in [3.63, 3.8) is 0 Å². The maximum atomic E-state index is 12.6. The summed E-state index contributed by atoms with van der Waals surface area (Å²) < 4.78 is 1.10. The number of rotatable bonds is 5. The predicted octanol–water partition coefficient (Wildman–Crippen LogP) is 5.06. The number of hydrogen-bond acceptors (Lipinski definition) is 6. The van der Waals surface area contributed by atoms with Crippen molar-refractivity contribution in [1.82, 2.24) is 9.97 Å². The fourth-order valence-electron chi connectivity index (χ4n) is 2.89. The normalized spacial score (nSPS) is 10.7. The first-order chi connectivity index (χ1) is 14.0. The van der Waals surface area contributed by atoms with Crippen LogP contribution in [0, 0.1) is 6.92 Å². The van der Waals surface area contributed by atoms with E-state index in [2.05, 4.69) is 20.6 Å². The monoisotopic (exact) mass is 403 g/mol. The maximum absolute atomic E-state index is 12.6. The Morgan fingerprint density at radius 2 is 1.69 bits per heavy atom. The highest BCUT2D eigenvalue weighted by molar-refractivity contribution is 7.20. The van der Waals surface area contributed by atoms with E-state index in [4.69, 9.17) is 0 Å². The maximum Gasteiger partial charge on any atom is 0.265 e. The van der Waals surface area contributed by atoms with E-state index in [9.17, 15) is 4.79 Å². The van der Waals surface area contributed by atoms with E-state index in [0.29, 0.717) is 10.8 Å². The number of thiophene rings is 1. The molecule has 0 aliphatic carbocycles. The molecule has 6 nitrogen and oxygen atoms in total. The molecule has 7 heteroatoms. The largest absolute Gasteiger partial charge is 0.363 e. The van der Waals surface area contributed by atoms with E-state index < -0.39 is 0 Å². The van der Waals surface area contributed by atoms with Gasteiger partial charge in [0.25, 0.3) is 5.91 Å². The van der Waals surface area contributed by atoms with Crippen LogP contribution in [0.3, 0.4) is 0 Å². The van der Waals surface area contributed by atoms with Gasteiger partial charge in [0, 0.05) is 41.9 Å². The van der Waals surface area contributed by atoms with Crippen LogP contribution in [0.15, 0.2) is 60.7 Å². The van der Waals surface area contributed by atoms with E-state index in [1.165, 1.54) is 11.3 Å². The smallest absolute Gasteiger partial charge is 0.265 e. The molecule has 0 unspecified atom stereocenters. The molecular weight excluding hydrogens is 382 g/mol. The van der Waals surface area contributed by atoms with E-state index in [0.717, 1.165) is 33.0 Å². The number of amides is 1. The number of benzene rings is 2. The summed E-state index contributed by atoms with van der Waals surface area (Å²) in [4.78, 5) is 24.1. The first kappa shape index (κ1) is 18.9. The van der Waals surface area contributed by atoms with E-state index in [1.54, 1.807) is 0 Å². The van der Waals surface area contributed by atoms with Gasteiger partial charge in [0.1, 0.15) is 5.82 Å². The molecule has 0 aliphatic heterocycles. The lowest BCUT2D eigenvalue weighted by atomic mass is 10.2. The lowest BCUT2D eigenvalue weighted by Gasteiger charge is -2.14. The number of hydrogen-bond donors (Lipinski definition) is 2. The van der Waals surface area contributed by atoms with Gasteiger partial charge in [0.05, 0.1) is 4.88 Å². The number of aromatic nitrogens is 2. The first-order valence-corrected chi connectivity index (χ1v) is 9.99. The van der Waals surface area contributed by atoms with Crippen LogP contribution in [0.25, 0.3) is 10.1 Å². The predicted molar refractivity (Wildman–Crippen MR) is 121 cm³/mol. The molecule has 146 valence electrons. The van der Waals surface area contributed by atoms with Gasteiger partial charge in [-0.15, -0.1) is 11.3 Å². The Hall–Kier alpha value is -3.45. The molecule has 0 spiro atoms. The van der Waals surface area contributed by atoms with Crippen LogP contribution >= 0.6 is 11.3 Å². The van der Waals surface area contributed by atoms with Gasteiger partial charge in [0.2, 0.25) is 5.95 Å². The first-order valence-electron chi connectivity index (χ1n) is 9.18. The Morgan fingerprint density at radius 3 is 2.41 bits per heavy atom. The van der Waals surface area contributed by atoms with Gasteiger partial charge < -0.3 is 15.5 Å². The Kier molecular flexibility index (Phi) is 5.14. The van der Waals surface area contributed by atoms with Crippen LogP contribution in [0.2, 0.25) is 0 Å². The van der Waals surface area contributed by atoms with Crippen molar-refractivity contribution >= 4 is 50.5 Å². The summed E-state index contributed by atoms with van der Waals surface area (Å²) >= 11 is 1.49. The summed E-state index contributed by atoms with van der Waals surface area (Å²) in [5.74, 6) is 1.27. The summed E-state index contributed by atoms with van der Waals surface area (Å²) in [5.41, 5.74) is 2.47. The average Bonchev–Trinajstić information content (AvgIpc) is 3.13. The van der Waals surface area contributed by atoms with Gasteiger partial charge in [0.15, 0.2) is 0 Å². The second kappa shape index (κ2) is 7.89. The highest BCUT2D eigenvalue weighted by atomic mass is 32.1. The molecule has 2 heterocycles. The quantitative estimate of drug-likeness (QED) is 0.487. The topological polar surface area (TPSA) is 70.2 Å². The zero-order valence-electron chi connectivity index (χ0n) is 16.4. The molecule has 2 aromatic carbocycles. The third kappa shape index (κ3) is 4.35. The molecule has 0 saturated heterocycles. The number of anilines is 4. The van der Waals surface area contributed by atoms with Crippen LogP contribution in [0.1, 0.15) is 15.4 Å². The van der Waals surface area contributed by atoms with Gasteiger partial charge in [-0.05, 0) is 48.7 Å². The highest BCUT2D eigenvalue weighted by Crippen LogP contribution is 2.26. The van der Waals surface area contributed by atoms with E-state index >= 15 is 0 Å². The molecule has 29 heavy (non-hydrogen) atoms. The number of fused-ring (bicyclic) bond motifs is 1. The third-order valence-electron chi connectivity index (χ3n) is 4.35. The Balaban J connectivity index is 1.46. The van der Waals surface area contributed by atoms with Crippen LogP contribution in [0.5, 0.6) is 0 Å². The van der Waals surface area contributed by atoms with Crippen LogP contribution in [-0.2, 0) is 0 Å². The van der Waals surface area contributed by atoms with Crippen molar-refractivity contribution in [1.29, 1.82) is 0 Å². The molecule has 0 aliphatic rings. The zero-order chi connectivity index (χ0) is 20.4. The average molecular weight is 404 g/mol. The molecule has 4 aromatic rings. The van der Waals surface area contributed by atoms with Gasteiger partial charge >= 0.3 is 0 Å². The summed E-state index contributed by atoms with van der Waals surface area (Å²) in [5, 5.41) is 7.24. The molecule has 2 N–H and O–H groups in total. The molecule has 0 saturated carbocycles.